The van der Waals surface area contributed by atoms with Crippen LogP contribution < -0.4 is 10.5 Å². The fraction of sp³-hybridized carbons (Fsp3) is 0.394. The maximum Gasteiger partial charge on any atom is 0.259 e. The second-order valence-corrected chi connectivity index (χ2v) is 11.5. The predicted molar refractivity (Wildman–Crippen MR) is 160 cm³/mol. The number of rotatable bonds is 7. The molecule has 40 heavy (non-hydrogen) atoms. The minimum absolute atomic E-state index is 0.0150. The molecule has 0 amide bonds. The van der Waals surface area contributed by atoms with Crippen molar-refractivity contribution in [2.75, 3.05) is 31.1 Å². The van der Waals surface area contributed by atoms with E-state index >= 15 is 0 Å². The summed E-state index contributed by atoms with van der Waals surface area (Å²) in [5.41, 5.74) is 8.48. The Labute approximate surface area is 235 Å². The molecule has 6 rings (SSSR count). The first-order valence-electron chi connectivity index (χ1n) is 14.4. The van der Waals surface area contributed by atoms with Crippen LogP contribution in [0.2, 0.25) is 0 Å². The first-order valence-corrected chi connectivity index (χ1v) is 14.4. The van der Waals surface area contributed by atoms with Gasteiger partial charge in [0.05, 0.1) is 5.39 Å². The zero-order valence-corrected chi connectivity index (χ0v) is 23.7. The molecule has 2 saturated heterocycles. The molecule has 0 saturated carbocycles. The van der Waals surface area contributed by atoms with Crippen molar-refractivity contribution in [2.45, 2.75) is 46.1 Å². The average Bonchev–Trinajstić information content (AvgIpc) is 2.98. The van der Waals surface area contributed by atoms with Gasteiger partial charge in [-0.1, -0.05) is 26.0 Å². The summed E-state index contributed by atoms with van der Waals surface area (Å²) >= 11 is 0. The van der Waals surface area contributed by atoms with Crippen molar-refractivity contribution in [2.24, 2.45) is 12.5 Å². The Hall–Kier alpha value is -3.84. The number of hydrogen-bond acceptors (Lipinski definition) is 6. The lowest BCUT2D eigenvalue weighted by Gasteiger charge is -2.55. The third-order valence-corrected chi connectivity index (χ3v) is 9.09. The van der Waals surface area contributed by atoms with Gasteiger partial charge in [-0.3, -0.25) is 24.5 Å². The molecule has 4 aromatic rings. The number of benzene rings is 1. The Balaban J connectivity index is 1.20. The van der Waals surface area contributed by atoms with Gasteiger partial charge in [0, 0.05) is 68.1 Å². The first kappa shape index (κ1) is 26.4. The molecule has 7 heteroatoms. The molecule has 0 N–H and O–H groups in total. The fourth-order valence-electron chi connectivity index (χ4n) is 6.70. The van der Waals surface area contributed by atoms with Crippen LogP contribution in [0.4, 0.5) is 5.69 Å². The topological polar surface area (TPSA) is 71.3 Å². The predicted octanol–water partition coefficient (Wildman–Crippen LogP) is 5.04. The number of aryl methyl sites for hydroxylation is 3. The van der Waals surface area contributed by atoms with Gasteiger partial charge in [0.1, 0.15) is 5.69 Å². The quantitative estimate of drug-likeness (QED) is 0.309. The third kappa shape index (κ3) is 4.73. The van der Waals surface area contributed by atoms with Gasteiger partial charge in [0.2, 0.25) is 0 Å². The number of anilines is 1. The molecule has 5 heterocycles. The summed E-state index contributed by atoms with van der Waals surface area (Å²) in [5, 5.41) is 1.62. The monoisotopic (exact) mass is 535 g/mol. The van der Waals surface area contributed by atoms with E-state index in [2.05, 4.69) is 45.7 Å². The summed E-state index contributed by atoms with van der Waals surface area (Å²) in [6, 6.07) is 10.5. The number of fused-ring (bicyclic) bond motifs is 1. The molecule has 0 unspecified atom stereocenters. The van der Waals surface area contributed by atoms with Gasteiger partial charge >= 0.3 is 0 Å². The molecule has 7 nitrogen and oxygen atoms in total. The number of carbonyl (C=O) groups excluding carboxylic acids is 1. The van der Waals surface area contributed by atoms with Gasteiger partial charge in [-0.2, -0.15) is 0 Å². The zero-order valence-electron chi connectivity index (χ0n) is 23.7. The van der Waals surface area contributed by atoms with Crippen LogP contribution in [0.1, 0.15) is 53.9 Å². The number of aromatic nitrogens is 3. The average molecular weight is 536 g/mol. The highest BCUT2D eigenvalue weighted by Gasteiger charge is 2.45. The summed E-state index contributed by atoms with van der Waals surface area (Å²) < 4.78 is 1.67. The van der Waals surface area contributed by atoms with Crippen LogP contribution in [0.3, 0.4) is 0 Å². The van der Waals surface area contributed by atoms with Gasteiger partial charge in [-0.25, -0.2) is 0 Å². The van der Waals surface area contributed by atoms with E-state index in [9.17, 15) is 9.59 Å². The van der Waals surface area contributed by atoms with E-state index in [1.807, 2.05) is 31.4 Å². The van der Waals surface area contributed by atoms with Crippen LogP contribution in [-0.2, 0) is 26.4 Å². The van der Waals surface area contributed by atoms with Crippen molar-refractivity contribution >= 4 is 22.7 Å². The summed E-state index contributed by atoms with van der Waals surface area (Å²) in [4.78, 5) is 37.2. The highest BCUT2D eigenvalue weighted by atomic mass is 16.1. The normalized spacial score (nSPS) is 16.8. The Morgan fingerprint density at radius 2 is 1.70 bits per heavy atom. The summed E-state index contributed by atoms with van der Waals surface area (Å²) in [7, 11) is 1.82. The van der Waals surface area contributed by atoms with E-state index in [0.717, 1.165) is 68.5 Å². The fourth-order valence-corrected chi connectivity index (χ4v) is 6.70. The zero-order chi connectivity index (χ0) is 27.9. The third-order valence-electron chi connectivity index (χ3n) is 9.09. The molecule has 2 aliphatic heterocycles. The number of piperidine rings is 1. The maximum atomic E-state index is 12.7. The highest BCUT2D eigenvalue weighted by Crippen LogP contribution is 2.43. The molecule has 0 atom stereocenters. The number of nitrogens with zero attached hydrogens (tertiary/aromatic N) is 5. The number of hydrogen-bond donors (Lipinski definition) is 0. The molecule has 0 radical (unpaired) electrons. The number of likely N-dealkylation sites (tertiary alicyclic amines) is 1. The first-order chi connectivity index (χ1) is 19.4. The minimum Gasteiger partial charge on any atom is -0.370 e. The van der Waals surface area contributed by atoms with E-state index in [4.69, 9.17) is 0 Å². The molecule has 2 fully saturated rings. The van der Waals surface area contributed by atoms with Crippen molar-refractivity contribution in [3.8, 4) is 11.1 Å². The molecular weight excluding hydrogens is 498 g/mol. The van der Waals surface area contributed by atoms with E-state index in [-0.39, 0.29) is 5.56 Å². The standard InChI is InChI=1S/C33H37N5O2/c1-4-23-14-25(31-18-36(3)32(40)29-17-34-10-7-28(29)31)15-24(5-2)30(23)19-37-12-8-33(9-13-37)21-38(22-33)27-6-11-35-26(16-27)20-39/h6-7,10-11,14-18,20H,4-5,8-9,12-13,19,21-22H2,1-3H3. The molecule has 1 spiro atoms. The van der Waals surface area contributed by atoms with Crippen molar-refractivity contribution < 1.29 is 4.79 Å². The second kappa shape index (κ2) is 10.6. The minimum atomic E-state index is -0.0150. The Morgan fingerprint density at radius 1 is 0.975 bits per heavy atom. The van der Waals surface area contributed by atoms with Crippen molar-refractivity contribution in [1.29, 1.82) is 0 Å². The summed E-state index contributed by atoms with van der Waals surface area (Å²) in [6.45, 7) is 9.80. The Kier molecular flexibility index (Phi) is 7.00. The molecular formula is C33H37N5O2. The summed E-state index contributed by atoms with van der Waals surface area (Å²) in [6.07, 6.45) is 12.3. The van der Waals surface area contributed by atoms with Crippen molar-refractivity contribution in [3.63, 3.8) is 0 Å². The number of carbonyl (C=O) groups is 1. The van der Waals surface area contributed by atoms with Crippen LogP contribution in [0.25, 0.3) is 21.9 Å². The van der Waals surface area contributed by atoms with Crippen LogP contribution in [0.5, 0.6) is 0 Å². The van der Waals surface area contributed by atoms with Gasteiger partial charge in [-0.15, -0.1) is 0 Å². The highest BCUT2D eigenvalue weighted by molar-refractivity contribution is 5.95. The molecule has 206 valence electrons. The molecule has 0 aliphatic carbocycles. The van der Waals surface area contributed by atoms with E-state index < -0.39 is 0 Å². The van der Waals surface area contributed by atoms with E-state index in [1.54, 1.807) is 23.2 Å². The van der Waals surface area contributed by atoms with Gasteiger partial charge in [0.15, 0.2) is 6.29 Å². The van der Waals surface area contributed by atoms with Crippen LogP contribution in [0.15, 0.2) is 59.9 Å². The lowest BCUT2D eigenvalue weighted by atomic mass is 9.71. The lowest BCUT2D eigenvalue weighted by molar-refractivity contribution is 0.0721. The molecule has 3 aromatic heterocycles. The lowest BCUT2D eigenvalue weighted by Crippen LogP contribution is -2.60. The Morgan fingerprint density at radius 3 is 2.38 bits per heavy atom. The van der Waals surface area contributed by atoms with Gasteiger partial charge in [-0.05, 0) is 84.6 Å². The molecule has 0 bridgehead atoms. The van der Waals surface area contributed by atoms with Crippen LogP contribution in [-0.4, -0.2) is 51.9 Å². The maximum absolute atomic E-state index is 12.7. The van der Waals surface area contributed by atoms with E-state index in [1.165, 1.54) is 35.1 Å². The second-order valence-electron chi connectivity index (χ2n) is 11.5. The van der Waals surface area contributed by atoms with Gasteiger partial charge < -0.3 is 9.47 Å². The number of pyridine rings is 3. The van der Waals surface area contributed by atoms with Crippen LogP contribution >= 0.6 is 0 Å². The molecule has 2 aliphatic rings. The number of aldehydes is 1. The summed E-state index contributed by atoms with van der Waals surface area (Å²) in [5.74, 6) is 0. The van der Waals surface area contributed by atoms with Gasteiger partial charge in [0.25, 0.3) is 5.56 Å². The smallest absolute Gasteiger partial charge is 0.259 e. The Bertz CT molecular complexity index is 1600. The van der Waals surface area contributed by atoms with Crippen molar-refractivity contribution in [3.05, 3.63) is 87.9 Å². The SMILES string of the molecule is CCc1cc(-c2cn(C)c(=O)c3cnccc23)cc(CC)c1CN1CCC2(CC1)CN(c1ccnc(C=O)c1)C2. The largest absolute Gasteiger partial charge is 0.370 e. The molecule has 1 aromatic carbocycles. The van der Waals surface area contributed by atoms with Crippen molar-refractivity contribution in [1.82, 2.24) is 19.4 Å². The van der Waals surface area contributed by atoms with E-state index in [0.29, 0.717) is 16.5 Å². The van der Waals surface area contributed by atoms with Crippen LogP contribution in [0, 0.1) is 5.41 Å².